The van der Waals surface area contributed by atoms with Gasteiger partial charge in [-0.15, -0.1) is 0 Å². The molecule has 0 aromatic carbocycles. The Hall–Kier alpha value is -2.50. The van der Waals surface area contributed by atoms with Gasteiger partial charge in [-0.1, -0.05) is 0 Å². The molecule has 3 rings (SSSR count). The van der Waals surface area contributed by atoms with Crippen molar-refractivity contribution in [3.05, 3.63) is 48.3 Å². The Morgan fingerprint density at radius 1 is 1.28 bits per heavy atom. The van der Waals surface area contributed by atoms with Crippen LogP contribution < -0.4 is 0 Å². The third kappa shape index (κ3) is 1.50. The van der Waals surface area contributed by atoms with E-state index in [9.17, 15) is 4.79 Å². The van der Waals surface area contributed by atoms with Gasteiger partial charge in [0.1, 0.15) is 5.69 Å². The Morgan fingerprint density at radius 2 is 2.17 bits per heavy atom. The zero-order chi connectivity index (χ0) is 12.5. The van der Waals surface area contributed by atoms with Crippen molar-refractivity contribution in [2.45, 2.75) is 13.5 Å². The van der Waals surface area contributed by atoms with Crippen LogP contribution in [0.15, 0.2) is 37.1 Å². The van der Waals surface area contributed by atoms with E-state index < -0.39 is 0 Å². The fourth-order valence-electron chi connectivity index (χ4n) is 1.92. The number of aryl methyl sites for hydroxylation is 1. The van der Waals surface area contributed by atoms with Gasteiger partial charge in [-0.2, -0.15) is 10.2 Å². The number of hydrogen-bond donors (Lipinski definition) is 0. The molecule has 0 aliphatic carbocycles. The fourth-order valence-corrected chi connectivity index (χ4v) is 1.92. The van der Waals surface area contributed by atoms with Gasteiger partial charge in [-0.3, -0.25) is 14.5 Å². The molecule has 0 amide bonds. The SMILES string of the molecule is CCn1nccc1C(=O)c1cnn2ccncc12. The zero-order valence-electron chi connectivity index (χ0n) is 9.82. The van der Waals surface area contributed by atoms with Gasteiger partial charge in [0.2, 0.25) is 5.78 Å². The summed E-state index contributed by atoms with van der Waals surface area (Å²) in [5, 5.41) is 8.23. The van der Waals surface area contributed by atoms with Crippen LogP contribution in [0.5, 0.6) is 0 Å². The number of hydrogen-bond acceptors (Lipinski definition) is 4. The van der Waals surface area contributed by atoms with Crippen LogP contribution in [0.1, 0.15) is 23.0 Å². The molecule has 90 valence electrons. The summed E-state index contributed by atoms with van der Waals surface area (Å²) in [5.74, 6) is -0.0858. The average Bonchev–Trinajstić information content (AvgIpc) is 3.04. The molecule has 0 bridgehead atoms. The Bertz CT molecular complexity index is 712. The second-order valence-electron chi connectivity index (χ2n) is 3.83. The van der Waals surface area contributed by atoms with E-state index in [1.165, 1.54) is 0 Å². The van der Waals surface area contributed by atoms with Crippen LogP contribution in [-0.2, 0) is 6.54 Å². The van der Waals surface area contributed by atoms with E-state index in [-0.39, 0.29) is 5.78 Å². The van der Waals surface area contributed by atoms with Gasteiger partial charge in [0.15, 0.2) is 0 Å². The fraction of sp³-hybridized carbons (Fsp3) is 0.167. The van der Waals surface area contributed by atoms with Crippen molar-refractivity contribution in [3.63, 3.8) is 0 Å². The smallest absolute Gasteiger partial charge is 0.214 e. The number of nitrogens with zero attached hydrogens (tertiary/aromatic N) is 5. The molecule has 0 unspecified atom stereocenters. The summed E-state index contributed by atoms with van der Waals surface area (Å²) in [7, 11) is 0. The molecule has 0 spiro atoms. The maximum Gasteiger partial charge on any atom is 0.214 e. The molecule has 0 aliphatic rings. The molecule has 0 N–H and O–H groups in total. The molecule has 0 aliphatic heterocycles. The summed E-state index contributed by atoms with van der Waals surface area (Å²) in [6.07, 6.45) is 8.16. The molecular formula is C12H11N5O. The summed E-state index contributed by atoms with van der Waals surface area (Å²) in [5.41, 5.74) is 1.81. The molecule has 0 atom stereocenters. The highest BCUT2D eigenvalue weighted by atomic mass is 16.1. The van der Waals surface area contributed by atoms with Crippen LogP contribution in [0.4, 0.5) is 0 Å². The van der Waals surface area contributed by atoms with Crippen LogP contribution in [0.25, 0.3) is 5.52 Å². The normalized spacial score (nSPS) is 10.9. The third-order valence-electron chi connectivity index (χ3n) is 2.82. The van der Waals surface area contributed by atoms with Gasteiger partial charge in [0, 0.05) is 25.1 Å². The summed E-state index contributed by atoms with van der Waals surface area (Å²) < 4.78 is 3.30. The van der Waals surface area contributed by atoms with Crippen LogP contribution in [0.3, 0.4) is 0 Å². The van der Waals surface area contributed by atoms with Crippen molar-refractivity contribution in [2.75, 3.05) is 0 Å². The van der Waals surface area contributed by atoms with Crippen molar-refractivity contribution < 1.29 is 4.79 Å². The van der Waals surface area contributed by atoms with Crippen molar-refractivity contribution >= 4 is 11.3 Å². The van der Waals surface area contributed by atoms with E-state index in [4.69, 9.17) is 0 Å². The van der Waals surface area contributed by atoms with Gasteiger partial charge in [0.25, 0.3) is 0 Å². The highest BCUT2D eigenvalue weighted by molar-refractivity contribution is 6.11. The summed E-state index contributed by atoms with van der Waals surface area (Å²) in [6.45, 7) is 2.60. The number of fused-ring (bicyclic) bond motifs is 1. The molecule has 6 nitrogen and oxygen atoms in total. The Morgan fingerprint density at radius 3 is 3.00 bits per heavy atom. The van der Waals surface area contributed by atoms with Crippen LogP contribution >= 0.6 is 0 Å². The molecule has 18 heavy (non-hydrogen) atoms. The minimum Gasteiger partial charge on any atom is -0.287 e. The largest absolute Gasteiger partial charge is 0.287 e. The lowest BCUT2D eigenvalue weighted by Crippen LogP contribution is -2.10. The average molecular weight is 241 g/mol. The van der Waals surface area contributed by atoms with Gasteiger partial charge in [-0.25, -0.2) is 4.52 Å². The maximum atomic E-state index is 12.4. The lowest BCUT2D eigenvalue weighted by Gasteiger charge is -2.02. The quantitative estimate of drug-likeness (QED) is 0.646. The second kappa shape index (κ2) is 4.06. The molecule has 0 saturated heterocycles. The van der Waals surface area contributed by atoms with Crippen molar-refractivity contribution in [1.82, 2.24) is 24.4 Å². The standard InChI is InChI=1S/C12H11N5O/c1-2-16-10(3-4-14-16)12(18)9-7-15-17-6-5-13-8-11(9)17/h3-8H,2H2,1H3. The van der Waals surface area contributed by atoms with Crippen LogP contribution in [-0.4, -0.2) is 30.2 Å². The molecule has 3 aromatic heterocycles. The number of carbonyl (C=O) groups is 1. The summed E-state index contributed by atoms with van der Waals surface area (Å²) in [6, 6.07) is 1.71. The van der Waals surface area contributed by atoms with E-state index in [1.54, 1.807) is 46.2 Å². The van der Waals surface area contributed by atoms with Gasteiger partial charge >= 0.3 is 0 Å². The van der Waals surface area contributed by atoms with E-state index >= 15 is 0 Å². The van der Waals surface area contributed by atoms with Crippen LogP contribution in [0.2, 0.25) is 0 Å². The minimum absolute atomic E-state index is 0.0858. The number of ketones is 1. The lowest BCUT2D eigenvalue weighted by molar-refractivity contribution is 0.103. The number of carbonyl (C=O) groups excluding carboxylic acids is 1. The Labute approximate surface area is 103 Å². The van der Waals surface area contributed by atoms with Gasteiger partial charge in [0.05, 0.1) is 23.5 Å². The summed E-state index contributed by atoms with van der Waals surface area (Å²) in [4.78, 5) is 16.4. The molecular weight excluding hydrogens is 230 g/mol. The second-order valence-corrected chi connectivity index (χ2v) is 3.83. The Balaban J connectivity index is 2.13. The summed E-state index contributed by atoms with van der Waals surface area (Å²) >= 11 is 0. The van der Waals surface area contributed by atoms with E-state index in [1.807, 2.05) is 6.92 Å². The first-order chi connectivity index (χ1) is 8.81. The number of aromatic nitrogens is 5. The van der Waals surface area contributed by atoms with Crippen molar-refractivity contribution in [2.24, 2.45) is 0 Å². The predicted octanol–water partition coefficient (Wildman–Crippen LogP) is 1.18. The molecule has 0 radical (unpaired) electrons. The molecule has 0 fully saturated rings. The first-order valence-electron chi connectivity index (χ1n) is 5.65. The van der Waals surface area contributed by atoms with Gasteiger partial charge < -0.3 is 0 Å². The molecule has 3 heterocycles. The maximum absolute atomic E-state index is 12.4. The monoisotopic (exact) mass is 241 g/mol. The van der Waals surface area contributed by atoms with Crippen molar-refractivity contribution in [1.29, 1.82) is 0 Å². The first-order valence-corrected chi connectivity index (χ1v) is 5.65. The van der Waals surface area contributed by atoms with E-state index in [2.05, 4.69) is 15.2 Å². The highest BCUT2D eigenvalue weighted by Gasteiger charge is 2.18. The highest BCUT2D eigenvalue weighted by Crippen LogP contribution is 2.14. The topological polar surface area (TPSA) is 65.1 Å². The van der Waals surface area contributed by atoms with E-state index in [0.29, 0.717) is 23.3 Å². The molecule has 3 aromatic rings. The van der Waals surface area contributed by atoms with Crippen molar-refractivity contribution in [3.8, 4) is 0 Å². The molecule has 6 heteroatoms. The van der Waals surface area contributed by atoms with E-state index in [0.717, 1.165) is 0 Å². The minimum atomic E-state index is -0.0858. The first kappa shape index (κ1) is 10.6. The van der Waals surface area contributed by atoms with Gasteiger partial charge in [-0.05, 0) is 13.0 Å². The zero-order valence-corrected chi connectivity index (χ0v) is 9.82. The predicted molar refractivity (Wildman–Crippen MR) is 64.3 cm³/mol. The third-order valence-corrected chi connectivity index (χ3v) is 2.82. The molecule has 0 saturated carbocycles. The lowest BCUT2D eigenvalue weighted by atomic mass is 10.1. The number of rotatable bonds is 3. The Kier molecular flexibility index (Phi) is 2.40. The van der Waals surface area contributed by atoms with Crippen LogP contribution in [0, 0.1) is 0 Å².